The number of hydrogen-bond acceptors (Lipinski definition) is 3. The van der Waals surface area contributed by atoms with Crippen molar-refractivity contribution in [3.05, 3.63) is 83.1 Å². The van der Waals surface area contributed by atoms with E-state index < -0.39 is 0 Å². The van der Waals surface area contributed by atoms with E-state index in [1.807, 2.05) is 36.4 Å². The molecule has 124 valence electrons. The highest BCUT2D eigenvalue weighted by Crippen LogP contribution is 2.28. The highest BCUT2D eigenvalue weighted by atomic mass is 32.1. The van der Waals surface area contributed by atoms with E-state index in [4.69, 9.17) is 0 Å². The first-order chi connectivity index (χ1) is 12.2. The van der Waals surface area contributed by atoms with E-state index >= 15 is 0 Å². The van der Waals surface area contributed by atoms with Gasteiger partial charge in [-0.3, -0.25) is 9.78 Å². The fraction of sp³-hybridized carbons (Fsp3) is 0.100. The third-order valence-corrected chi connectivity index (χ3v) is 5.18. The number of carbonyl (C=O) groups excluding carboxylic acids is 1. The van der Waals surface area contributed by atoms with Crippen molar-refractivity contribution in [3.8, 4) is 5.00 Å². The van der Waals surface area contributed by atoms with Gasteiger partial charge in [0.2, 0.25) is 0 Å². The van der Waals surface area contributed by atoms with Crippen molar-refractivity contribution >= 4 is 28.1 Å². The Kier molecular flexibility index (Phi) is 4.07. The van der Waals surface area contributed by atoms with Crippen molar-refractivity contribution in [2.24, 2.45) is 0 Å². The van der Waals surface area contributed by atoms with E-state index in [0.717, 1.165) is 21.8 Å². The lowest BCUT2D eigenvalue weighted by atomic mass is 10.2. The van der Waals surface area contributed by atoms with Crippen LogP contribution in [0.3, 0.4) is 0 Å². The van der Waals surface area contributed by atoms with Gasteiger partial charge >= 0.3 is 0 Å². The Morgan fingerprint density at radius 1 is 1.16 bits per heavy atom. The van der Waals surface area contributed by atoms with Crippen molar-refractivity contribution in [3.63, 3.8) is 0 Å². The molecule has 0 atom stereocenters. The van der Waals surface area contributed by atoms with Crippen molar-refractivity contribution in [1.82, 2.24) is 14.9 Å². The van der Waals surface area contributed by atoms with Crippen LogP contribution in [0.4, 0.5) is 0 Å². The molecule has 0 aliphatic heterocycles. The number of amides is 1. The molecule has 0 saturated carbocycles. The smallest absolute Gasteiger partial charge is 0.261 e. The number of fused-ring (bicyclic) bond motifs is 1. The Morgan fingerprint density at radius 3 is 2.88 bits per heavy atom. The number of aromatic nitrogens is 2. The Labute approximate surface area is 149 Å². The first kappa shape index (κ1) is 15.6. The molecule has 4 nitrogen and oxygen atoms in total. The quantitative estimate of drug-likeness (QED) is 0.597. The molecule has 3 aromatic heterocycles. The summed E-state index contributed by atoms with van der Waals surface area (Å²) < 4.78 is 2.19. The van der Waals surface area contributed by atoms with Crippen molar-refractivity contribution in [1.29, 1.82) is 0 Å². The van der Waals surface area contributed by atoms with E-state index in [-0.39, 0.29) is 5.91 Å². The van der Waals surface area contributed by atoms with Crippen LogP contribution in [0.2, 0.25) is 0 Å². The number of thiophene rings is 1. The summed E-state index contributed by atoms with van der Waals surface area (Å²) in [5, 5.41) is 5.20. The van der Waals surface area contributed by atoms with Crippen LogP contribution < -0.4 is 5.32 Å². The molecule has 4 aromatic rings. The third kappa shape index (κ3) is 3.06. The summed E-state index contributed by atoms with van der Waals surface area (Å²) in [6.45, 7) is 2.56. The summed E-state index contributed by atoms with van der Waals surface area (Å²) >= 11 is 1.50. The molecule has 1 N–H and O–H groups in total. The van der Waals surface area contributed by atoms with E-state index in [9.17, 15) is 4.79 Å². The number of rotatable bonds is 4. The molecule has 0 radical (unpaired) electrons. The van der Waals surface area contributed by atoms with Crippen LogP contribution in [0, 0.1) is 6.92 Å². The van der Waals surface area contributed by atoms with Gasteiger partial charge in [-0.05, 0) is 42.8 Å². The van der Waals surface area contributed by atoms with Crippen LogP contribution >= 0.6 is 11.3 Å². The number of benzene rings is 1. The number of nitrogens with one attached hydrogen (secondary N) is 1. The number of hydrogen-bond donors (Lipinski definition) is 1. The Hall–Kier alpha value is -2.92. The van der Waals surface area contributed by atoms with Crippen LogP contribution in [-0.4, -0.2) is 15.5 Å². The van der Waals surface area contributed by atoms with Crippen LogP contribution in [0.15, 0.2) is 67.0 Å². The maximum absolute atomic E-state index is 12.4. The highest BCUT2D eigenvalue weighted by molar-refractivity contribution is 7.16. The van der Waals surface area contributed by atoms with Gasteiger partial charge in [-0.15, -0.1) is 11.3 Å². The predicted octanol–water partition coefficient (Wildman–Crippen LogP) is 4.33. The van der Waals surface area contributed by atoms with E-state index in [0.29, 0.717) is 11.4 Å². The van der Waals surface area contributed by atoms with Crippen LogP contribution in [0.1, 0.15) is 20.9 Å². The molecule has 1 aromatic carbocycles. The molecule has 25 heavy (non-hydrogen) atoms. The second kappa shape index (κ2) is 6.53. The average Bonchev–Trinajstić information content (AvgIpc) is 3.24. The average molecular weight is 347 g/mol. The minimum absolute atomic E-state index is 0.0609. The fourth-order valence-electron chi connectivity index (χ4n) is 2.93. The second-order valence-electron chi connectivity index (χ2n) is 5.86. The second-order valence-corrected chi connectivity index (χ2v) is 6.92. The summed E-state index contributed by atoms with van der Waals surface area (Å²) in [4.78, 5) is 17.2. The van der Waals surface area contributed by atoms with Crippen molar-refractivity contribution < 1.29 is 4.79 Å². The summed E-state index contributed by atoms with van der Waals surface area (Å²) in [7, 11) is 0. The molecule has 0 bridgehead atoms. The van der Waals surface area contributed by atoms with Crippen molar-refractivity contribution in [2.45, 2.75) is 13.5 Å². The van der Waals surface area contributed by atoms with Crippen LogP contribution in [0.25, 0.3) is 15.9 Å². The Morgan fingerprint density at radius 2 is 2.04 bits per heavy atom. The van der Waals surface area contributed by atoms with Gasteiger partial charge in [0.1, 0.15) is 5.00 Å². The molecule has 0 fully saturated rings. The molecular weight excluding hydrogens is 330 g/mol. The molecule has 5 heteroatoms. The van der Waals surface area contributed by atoms with Gasteiger partial charge in [0.05, 0.1) is 10.4 Å². The van der Waals surface area contributed by atoms with Gasteiger partial charge in [0.25, 0.3) is 5.91 Å². The minimum Gasteiger partial charge on any atom is -0.347 e. The van der Waals surface area contributed by atoms with Gasteiger partial charge < -0.3 is 9.88 Å². The number of para-hydroxylation sites is 1. The van der Waals surface area contributed by atoms with E-state index in [1.165, 1.54) is 16.7 Å². The van der Waals surface area contributed by atoms with Crippen molar-refractivity contribution in [2.75, 3.05) is 0 Å². The SMILES string of the molecule is Cc1cc2ccccc2n1-c1ccc(C(=O)NCc2cccnc2)s1. The van der Waals surface area contributed by atoms with Gasteiger partial charge in [-0.1, -0.05) is 24.3 Å². The number of aryl methyl sites for hydroxylation is 1. The first-order valence-electron chi connectivity index (χ1n) is 8.07. The number of nitrogens with zero attached hydrogens (tertiary/aromatic N) is 2. The van der Waals surface area contributed by atoms with Gasteiger partial charge in [-0.25, -0.2) is 0 Å². The standard InChI is InChI=1S/C20H17N3OS/c1-14-11-16-6-2-3-7-17(16)23(14)19-9-8-18(25-19)20(24)22-13-15-5-4-10-21-12-15/h2-12H,13H2,1H3,(H,22,24). The number of carbonyl (C=O) groups is 1. The molecule has 0 aliphatic carbocycles. The molecule has 4 rings (SSSR count). The Balaban J connectivity index is 1.57. The normalized spacial score (nSPS) is 10.9. The van der Waals surface area contributed by atoms with Gasteiger partial charge in [0.15, 0.2) is 0 Å². The zero-order valence-electron chi connectivity index (χ0n) is 13.8. The lowest BCUT2D eigenvalue weighted by molar-refractivity contribution is 0.0955. The monoisotopic (exact) mass is 347 g/mol. The summed E-state index contributed by atoms with van der Waals surface area (Å²) in [6.07, 6.45) is 3.48. The molecule has 0 saturated heterocycles. The van der Waals surface area contributed by atoms with Gasteiger partial charge in [-0.2, -0.15) is 0 Å². The summed E-state index contributed by atoms with van der Waals surface area (Å²) in [5.41, 5.74) is 3.30. The molecular formula is C20H17N3OS. The summed E-state index contributed by atoms with van der Waals surface area (Å²) in [5.74, 6) is -0.0609. The topological polar surface area (TPSA) is 46.9 Å². The lowest BCUT2D eigenvalue weighted by Gasteiger charge is -2.05. The minimum atomic E-state index is -0.0609. The zero-order chi connectivity index (χ0) is 17.2. The predicted molar refractivity (Wildman–Crippen MR) is 101 cm³/mol. The molecule has 3 heterocycles. The maximum Gasteiger partial charge on any atom is 0.261 e. The molecule has 1 amide bonds. The van der Waals surface area contributed by atoms with E-state index in [2.05, 4.69) is 40.0 Å². The highest BCUT2D eigenvalue weighted by Gasteiger charge is 2.13. The van der Waals surface area contributed by atoms with Gasteiger partial charge in [0, 0.05) is 30.0 Å². The molecule has 0 unspecified atom stereocenters. The lowest BCUT2D eigenvalue weighted by Crippen LogP contribution is -2.21. The number of pyridine rings is 1. The first-order valence-corrected chi connectivity index (χ1v) is 8.88. The van der Waals surface area contributed by atoms with Crippen LogP contribution in [0.5, 0.6) is 0 Å². The largest absolute Gasteiger partial charge is 0.347 e. The van der Waals surface area contributed by atoms with Crippen LogP contribution in [-0.2, 0) is 6.54 Å². The zero-order valence-corrected chi connectivity index (χ0v) is 14.6. The molecule has 0 spiro atoms. The molecule has 0 aliphatic rings. The third-order valence-electron chi connectivity index (χ3n) is 4.11. The summed E-state index contributed by atoms with van der Waals surface area (Å²) in [6, 6.07) is 18.1. The fourth-order valence-corrected chi connectivity index (χ4v) is 3.92. The maximum atomic E-state index is 12.4. The Bertz CT molecular complexity index is 1030. The van der Waals surface area contributed by atoms with E-state index in [1.54, 1.807) is 12.4 Å².